The molecular weight excluding hydrogens is 188 g/mol. The Hall–Kier alpha value is -0.570. The van der Waals surface area contributed by atoms with Crippen molar-refractivity contribution in [2.75, 3.05) is 6.54 Å². The third-order valence-electron chi connectivity index (χ3n) is 2.72. The number of hydrogen-bond acceptors (Lipinski definition) is 2. The molecule has 0 aliphatic rings. The lowest BCUT2D eigenvalue weighted by atomic mass is 9.85. The van der Waals surface area contributed by atoms with Crippen molar-refractivity contribution in [1.29, 1.82) is 0 Å². The van der Waals surface area contributed by atoms with E-state index in [1.165, 1.54) is 0 Å². The molecule has 0 unspecified atom stereocenters. The molecule has 0 saturated carbocycles. The third-order valence-corrected chi connectivity index (χ3v) is 2.72. The zero-order valence-corrected chi connectivity index (χ0v) is 10.4. The summed E-state index contributed by atoms with van der Waals surface area (Å²) in [6, 6.07) is 0. The van der Waals surface area contributed by atoms with Gasteiger partial charge in [-0.1, -0.05) is 33.6 Å². The molecule has 0 aromatic carbocycles. The molecule has 3 heteroatoms. The predicted octanol–water partition coefficient (Wildman–Crippen LogP) is 2.20. The van der Waals surface area contributed by atoms with Gasteiger partial charge in [0.15, 0.2) is 0 Å². The fourth-order valence-electron chi connectivity index (χ4n) is 2.22. The Kier molecular flexibility index (Phi) is 7.39. The van der Waals surface area contributed by atoms with Crippen LogP contribution in [-0.2, 0) is 4.79 Å². The van der Waals surface area contributed by atoms with E-state index in [0.29, 0.717) is 6.42 Å². The molecule has 90 valence electrons. The first kappa shape index (κ1) is 14.4. The van der Waals surface area contributed by atoms with Crippen LogP contribution in [0.25, 0.3) is 0 Å². The topological polar surface area (TPSA) is 55.1 Å². The molecule has 0 aliphatic heterocycles. The van der Waals surface area contributed by atoms with E-state index in [1.54, 1.807) is 0 Å². The van der Waals surface area contributed by atoms with Crippen LogP contribution in [0, 0.1) is 0 Å². The summed E-state index contributed by atoms with van der Waals surface area (Å²) >= 11 is 0. The predicted molar refractivity (Wildman–Crippen MR) is 64.7 cm³/mol. The summed E-state index contributed by atoms with van der Waals surface area (Å²) < 4.78 is 0. The highest BCUT2D eigenvalue weighted by atomic mass is 16.1. The summed E-state index contributed by atoms with van der Waals surface area (Å²) in [5.74, 6) is -0.194. The number of amides is 1. The second kappa shape index (κ2) is 7.69. The Labute approximate surface area is 93.8 Å². The molecule has 0 aliphatic carbocycles. The third kappa shape index (κ3) is 5.78. The second-order valence-electron chi connectivity index (χ2n) is 4.35. The second-order valence-corrected chi connectivity index (χ2v) is 4.35. The van der Waals surface area contributed by atoms with Gasteiger partial charge in [-0.2, -0.15) is 0 Å². The van der Waals surface area contributed by atoms with Crippen LogP contribution in [0.15, 0.2) is 0 Å². The Balaban J connectivity index is 4.47. The minimum absolute atomic E-state index is 0.0503. The molecule has 0 fully saturated rings. The van der Waals surface area contributed by atoms with Crippen LogP contribution in [0.2, 0.25) is 0 Å². The van der Waals surface area contributed by atoms with Gasteiger partial charge in [0, 0.05) is 12.0 Å². The zero-order valence-electron chi connectivity index (χ0n) is 10.4. The van der Waals surface area contributed by atoms with Crippen molar-refractivity contribution in [2.45, 2.75) is 64.8 Å². The molecule has 0 atom stereocenters. The highest BCUT2D eigenvalue weighted by Gasteiger charge is 2.29. The Bertz CT molecular complexity index is 174. The van der Waals surface area contributed by atoms with E-state index in [-0.39, 0.29) is 11.4 Å². The first-order chi connectivity index (χ1) is 7.10. The van der Waals surface area contributed by atoms with Crippen LogP contribution in [0.5, 0.6) is 0 Å². The number of hydrogen-bond donors (Lipinski definition) is 2. The van der Waals surface area contributed by atoms with E-state index in [0.717, 1.165) is 38.6 Å². The van der Waals surface area contributed by atoms with Crippen molar-refractivity contribution in [3.8, 4) is 0 Å². The van der Waals surface area contributed by atoms with E-state index < -0.39 is 0 Å². The maximum Gasteiger partial charge on any atom is 0.219 e. The average molecular weight is 214 g/mol. The number of carbonyl (C=O) groups excluding carboxylic acids is 1. The van der Waals surface area contributed by atoms with Crippen LogP contribution < -0.4 is 11.1 Å². The van der Waals surface area contributed by atoms with Gasteiger partial charge in [-0.05, 0) is 25.8 Å². The van der Waals surface area contributed by atoms with Crippen molar-refractivity contribution in [3.63, 3.8) is 0 Å². The maximum absolute atomic E-state index is 11.1. The monoisotopic (exact) mass is 214 g/mol. The van der Waals surface area contributed by atoms with Gasteiger partial charge in [-0.15, -0.1) is 0 Å². The smallest absolute Gasteiger partial charge is 0.219 e. The summed E-state index contributed by atoms with van der Waals surface area (Å²) in [6.45, 7) is 7.41. The fourth-order valence-corrected chi connectivity index (χ4v) is 2.22. The molecule has 3 N–H and O–H groups in total. The van der Waals surface area contributed by atoms with Crippen molar-refractivity contribution in [3.05, 3.63) is 0 Å². The van der Waals surface area contributed by atoms with Gasteiger partial charge in [0.1, 0.15) is 0 Å². The molecule has 15 heavy (non-hydrogen) atoms. The van der Waals surface area contributed by atoms with Crippen molar-refractivity contribution in [1.82, 2.24) is 5.32 Å². The largest absolute Gasteiger partial charge is 0.370 e. The Morgan fingerprint density at radius 2 is 1.67 bits per heavy atom. The minimum atomic E-state index is -0.194. The fraction of sp³-hybridized carbons (Fsp3) is 0.917. The summed E-state index contributed by atoms with van der Waals surface area (Å²) in [7, 11) is 0. The molecule has 1 amide bonds. The summed E-state index contributed by atoms with van der Waals surface area (Å²) in [5, 5.41) is 3.52. The van der Waals surface area contributed by atoms with Crippen LogP contribution in [0.1, 0.15) is 59.3 Å². The lowest BCUT2D eigenvalue weighted by Crippen LogP contribution is -2.48. The van der Waals surface area contributed by atoms with Gasteiger partial charge >= 0.3 is 0 Å². The van der Waals surface area contributed by atoms with Gasteiger partial charge in [0.2, 0.25) is 5.91 Å². The SMILES string of the molecule is CCCNC(CCC)(CCC)CC(N)=O. The van der Waals surface area contributed by atoms with E-state index in [9.17, 15) is 4.79 Å². The molecule has 0 saturated heterocycles. The van der Waals surface area contributed by atoms with Gasteiger partial charge in [-0.3, -0.25) is 4.79 Å². The highest BCUT2D eigenvalue weighted by Crippen LogP contribution is 2.23. The van der Waals surface area contributed by atoms with Crippen molar-refractivity contribution in [2.24, 2.45) is 5.73 Å². The Morgan fingerprint density at radius 3 is 2.00 bits per heavy atom. The first-order valence-corrected chi connectivity index (χ1v) is 6.13. The Morgan fingerprint density at radius 1 is 1.13 bits per heavy atom. The summed E-state index contributed by atoms with van der Waals surface area (Å²) in [6.07, 6.45) is 5.80. The molecule has 0 heterocycles. The number of rotatable bonds is 9. The van der Waals surface area contributed by atoms with E-state index in [1.807, 2.05) is 0 Å². The van der Waals surface area contributed by atoms with Crippen LogP contribution in [0.4, 0.5) is 0 Å². The van der Waals surface area contributed by atoms with Gasteiger partial charge in [0.25, 0.3) is 0 Å². The van der Waals surface area contributed by atoms with Crippen molar-refractivity contribution >= 4 is 5.91 Å². The van der Waals surface area contributed by atoms with E-state index >= 15 is 0 Å². The number of nitrogens with two attached hydrogens (primary N) is 1. The zero-order chi connectivity index (χ0) is 11.7. The van der Waals surface area contributed by atoms with Gasteiger partial charge in [-0.25, -0.2) is 0 Å². The molecule has 0 aromatic heterocycles. The lowest BCUT2D eigenvalue weighted by molar-refractivity contribution is -0.119. The summed E-state index contributed by atoms with van der Waals surface area (Å²) in [4.78, 5) is 11.1. The lowest BCUT2D eigenvalue weighted by Gasteiger charge is -2.34. The van der Waals surface area contributed by atoms with Crippen LogP contribution >= 0.6 is 0 Å². The minimum Gasteiger partial charge on any atom is -0.370 e. The van der Waals surface area contributed by atoms with Crippen LogP contribution in [-0.4, -0.2) is 18.0 Å². The quantitative estimate of drug-likeness (QED) is 0.618. The maximum atomic E-state index is 11.1. The molecule has 0 spiro atoms. The molecule has 0 aromatic rings. The first-order valence-electron chi connectivity index (χ1n) is 6.13. The van der Waals surface area contributed by atoms with E-state index in [4.69, 9.17) is 5.73 Å². The van der Waals surface area contributed by atoms with E-state index in [2.05, 4.69) is 26.1 Å². The molecule has 3 nitrogen and oxygen atoms in total. The molecule has 0 rings (SSSR count). The van der Waals surface area contributed by atoms with Gasteiger partial charge in [0.05, 0.1) is 0 Å². The number of carbonyl (C=O) groups is 1. The number of primary amides is 1. The van der Waals surface area contributed by atoms with Gasteiger partial charge < -0.3 is 11.1 Å². The molecule has 0 bridgehead atoms. The molecule has 0 radical (unpaired) electrons. The highest BCUT2D eigenvalue weighted by molar-refractivity contribution is 5.75. The average Bonchev–Trinajstić information content (AvgIpc) is 2.14. The normalized spacial score (nSPS) is 11.7. The summed E-state index contributed by atoms with van der Waals surface area (Å²) in [5.41, 5.74) is 5.28. The molecular formula is C12H26N2O. The van der Waals surface area contributed by atoms with Crippen LogP contribution in [0.3, 0.4) is 0 Å². The standard InChI is InChI=1S/C12H26N2O/c1-4-7-12(8-5-2,10-11(13)15)14-9-6-3/h14H,4-10H2,1-3H3,(H2,13,15). The van der Waals surface area contributed by atoms with Crippen molar-refractivity contribution < 1.29 is 4.79 Å². The number of nitrogens with one attached hydrogen (secondary N) is 1.